The number of aromatic nitrogens is 1. The molecule has 0 bridgehead atoms. The molecule has 2 aromatic rings. The fourth-order valence-electron chi connectivity index (χ4n) is 1.51. The molecular weight excluding hydrogens is 252 g/mol. The lowest BCUT2D eigenvalue weighted by molar-refractivity contribution is 0.281. The zero-order chi connectivity index (χ0) is 13.0. The summed E-state index contributed by atoms with van der Waals surface area (Å²) in [6.07, 6.45) is 1.60. The van der Waals surface area contributed by atoms with E-state index in [-0.39, 0.29) is 6.61 Å². The van der Waals surface area contributed by atoms with Gasteiger partial charge < -0.3 is 15.6 Å². The molecule has 0 aliphatic rings. The number of hydrogen-bond acceptors (Lipinski definition) is 4. The van der Waals surface area contributed by atoms with Crippen LogP contribution in [0.4, 0.5) is 0 Å². The van der Waals surface area contributed by atoms with Crippen LogP contribution in [0.3, 0.4) is 0 Å². The van der Waals surface area contributed by atoms with Crippen LogP contribution >= 0.6 is 11.6 Å². The van der Waals surface area contributed by atoms with E-state index in [1.54, 1.807) is 36.5 Å². The molecule has 0 unspecified atom stereocenters. The van der Waals surface area contributed by atoms with Crippen molar-refractivity contribution in [3.05, 3.63) is 52.7 Å². The molecule has 3 N–H and O–H groups in total. The number of hydrogen-bond donors (Lipinski definition) is 2. The van der Waals surface area contributed by atoms with Gasteiger partial charge in [0.25, 0.3) is 0 Å². The van der Waals surface area contributed by atoms with Crippen molar-refractivity contribution in [1.29, 1.82) is 0 Å². The molecule has 0 aliphatic carbocycles. The van der Waals surface area contributed by atoms with Crippen molar-refractivity contribution < 1.29 is 9.84 Å². The molecule has 0 saturated carbocycles. The van der Waals surface area contributed by atoms with Gasteiger partial charge in [-0.15, -0.1) is 0 Å². The van der Waals surface area contributed by atoms with Gasteiger partial charge in [-0.3, -0.25) is 0 Å². The first-order valence-corrected chi connectivity index (χ1v) is 5.83. The van der Waals surface area contributed by atoms with Crippen LogP contribution in [0.25, 0.3) is 0 Å². The molecule has 0 radical (unpaired) electrons. The van der Waals surface area contributed by atoms with Crippen LogP contribution in [-0.4, -0.2) is 10.1 Å². The SMILES string of the molecule is NCc1ccnc(Oc2cccc(CO)c2)c1Cl. The monoisotopic (exact) mass is 264 g/mol. The van der Waals surface area contributed by atoms with Crippen molar-refractivity contribution in [3.63, 3.8) is 0 Å². The fraction of sp³-hybridized carbons (Fsp3) is 0.154. The summed E-state index contributed by atoms with van der Waals surface area (Å²) in [6, 6.07) is 8.85. The van der Waals surface area contributed by atoms with Crippen molar-refractivity contribution in [1.82, 2.24) is 4.98 Å². The predicted octanol–water partition coefficient (Wildman–Crippen LogP) is 2.48. The van der Waals surface area contributed by atoms with Crippen molar-refractivity contribution in [2.45, 2.75) is 13.2 Å². The summed E-state index contributed by atoms with van der Waals surface area (Å²) in [5.41, 5.74) is 7.10. The largest absolute Gasteiger partial charge is 0.438 e. The van der Waals surface area contributed by atoms with Crippen molar-refractivity contribution in [2.24, 2.45) is 5.73 Å². The van der Waals surface area contributed by atoms with Crippen molar-refractivity contribution >= 4 is 11.6 Å². The first-order valence-electron chi connectivity index (χ1n) is 5.45. The van der Waals surface area contributed by atoms with Crippen LogP contribution in [-0.2, 0) is 13.2 Å². The number of halogens is 1. The smallest absolute Gasteiger partial charge is 0.238 e. The summed E-state index contributed by atoms with van der Waals surface area (Å²) in [5, 5.41) is 9.46. The Kier molecular flexibility index (Phi) is 4.15. The number of aliphatic hydroxyl groups excluding tert-OH is 1. The van der Waals surface area contributed by atoms with E-state index >= 15 is 0 Å². The Bertz CT molecular complexity index is 546. The summed E-state index contributed by atoms with van der Waals surface area (Å²) in [6.45, 7) is 0.287. The lowest BCUT2D eigenvalue weighted by atomic mass is 10.2. The summed E-state index contributed by atoms with van der Waals surface area (Å²) in [5.74, 6) is 0.889. The van der Waals surface area contributed by atoms with Gasteiger partial charge in [0.05, 0.1) is 6.61 Å². The summed E-state index contributed by atoms with van der Waals surface area (Å²) >= 11 is 6.12. The van der Waals surface area contributed by atoms with E-state index in [4.69, 9.17) is 27.2 Å². The molecule has 94 valence electrons. The standard InChI is InChI=1S/C13H13ClN2O2/c14-12-10(7-15)4-5-16-13(12)18-11-3-1-2-9(6-11)8-17/h1-6,17H,7-8,15H2. The minimum absolute atomic E-state index is 0.0405. The summed E-state index contributed by atoms with van der Waals surface area (Å²) < 4.78 is 5.58. The van der Waals surface area contributed by atoms with E-state index < -0.39 is 0 Å². The predicted molar refractivity (Wildman–Crippen MR) is 69.6 cm³/mol. The quantitative estimate of drug-likeness (QED) is 0.890. The molecule has 18 heavy (non-hydrogen) atoms. The molecule has 5 heteroatoms. The van der Waals surface area contributed by atoms with Gasteiger partial charge >= 0.3 is 0 Å². The van der Waals surface area contributed by atoms with Gasteiger partial charge in [-0.05, 0) is 29.3 Å². The summed E-state index contributed by atoms with van der Waals surface area (Å²) in [7, 11) is 0. The maximum Gasteiger partial charge on any atom is 0.238 e. The Morgan fingerprint density at radius 3 is 2.89 bits per heavy atom. The van der Waals surface area contributed by atoms with Gasteiger partial charge in [0.15, 0.2) is 0 Å². The molecule has 0 fully saturated rings. The highest BCUT2D eigenvalue weighted by Gasteiger charge is 2.08. The number of ether oxygens (including phenoxy) is 1. The summed E-state index contributed by atoms with van der Waals surface area (Å²) in [4.78, 5) is 4.07. The van der Waals surface area contributed by atoms with Crippen LogP contribution in [0.5, 0.6) is 11.6 Å². The second-order valence-corrected chi connectivity index (χ2v) is 4.08. The second kappa shape index (κ2) is 5.82. The Balaban J connectivity index is 2.28. The molecule has 1 aromatic carbocycles. The number of nitrogens with zero attached hydrogens (tertiary/aromatic N) is 1. The topological polar surface area (TPSA) is 68.4 Å². The van der Waals surface area contributed by atoms with Gasteiger partial charge in [-0.25, -0.2) is 4.98 Å². The maximum atomic E-state index is 9.05. The average Bonchev–Trinajstić information content (AvgIpc) is 2.41. The number of pyridine rings is 1. The lowest BCUT2D eigenvalue weighted by Crippen LogP contribution is -1.99. The first kappa shape index (κ1) is 12.8. The maximum absolute atomic E-state index is 9.05. The number of nitrogens with two attached hydrogens (primary N) is 1. The third kappa shape index (κ3) is 2.79. The lowest BCUT2D eigenvalue weighted by Gasteiger charge is -2.09. The molecule has 4 nitrogen and oxygen atoms in total. The number of benzene rings is 1. The average molecular weight is 265 g/mol. The van der Waals surface area contributed by atoms with E-state index in [0.717, 1.165) is 11.1 Å². The molecule has 1 heterocycles. The zero-order valence-corrected chi connectivity index (χ0v) is 10.4. The van der Waals surface area contributed by atoms with Gasteiger partial charge in [-0.1, -0.05) is 23.7 Å². The Morgan fingerprint density at radius 2 is 2.17 bits per heavy atom. The minimum atomic E-state index is -0.0405. The Morgan fingerprint density at radius 1 is 1.33 bits per heavy atom. The molecule has 0 spiro atoms. The first-order chi connectivity index (χ1) is 8.74. The van der Waals surface area contributed by atoms with Crippen molar-refractivity contribution in [2.75, 3.05) is 0 Å². The Hall–Kier alpha value is -1.62. The number of aliphatic hydroxyl groups is 1. The van der Waals surface area contributed by atoms with Gasteiger partial charge in [-0.2, -0.15) is 0 Å². The zero-order valence-electron chi connectivity index (χ0n) is 9.64. The highest BCUT2D eigenvalue weighted by Crippen LogP contribution is 2.29. The fourth-order valence-corrected chi connectivity index (χ4v) is 1.74. The minimum Gasteiger partial charge on any atom is -0.438 e. The van der Waals surface area contributed by atoms with Crippen LogP contribution in [0.15, 0.2) is 36.5 Å². The molecule has 0 saturated heterocycles. The van der Waals surface area contributed by atoms with Crippen LogP contribution in [0, 0.1) is 0 Å². The van der Waals surface area contributed by atoms with Crippen LogP contribution in [0.1, 0.15) is 11.1 Å². The molecule has 2 rings (SSSR count). The Labute approximate surface area is 110 Å². The number of rotatable bonds is 4. The highest BCUT2D eigenvalue weighted by molar-refractivity contribution is 6.32. The molecule has 1 aromatic heterocycles. The van der Waals surface area contributed by atoms with Gasteiger partial charge in [0, 0.05) is 12.7 Å². The highest BCUT2D eigenvalue weighted by atomic mass is 35.5. The molecular formula is C13H13ClN2O2. The molecule has 0 amide bonds. The normalized spacial score (nSPS) is 10.4. The third-order valence-corrected chi connectivity index (χ3v) is 2.86. The van der Waals surface area contributed by atoms with Crippen molar-refractivity contribution in [3.8, 4) is 11.6 Å². The van der Waals surface area contributed by atoms with E-state index in [1.165, 1.54) is 0 Å². The van der Waals surface area contributed by atoms with E-state index in [0.29, 0.717) is 23.2 Å². The van der Waals surface area contributed by atoms with E-state index in [9.17, 15) is 0 Å². The van der Waals surface area contributed by atoms with Crippen LogP contribution in [0.2, 0.25) is 5.02 Å². The van der Waals surface area contributed by atoms with E-state index in [1.807, 2.05) is 0 Å². The second-order valence-electron chi connectivity index (χ2n) is 3.70. The van der Waals surface area contributed by atoms with E-state index in [2.05, 4.69) is 4.98 Å². The van der Waals surface area contributed by atoms with Gasteiger partial charge in [0.2, 0.25) is 5.88 Å². The van der Waals surface area contributed by atoms with Gasteiger partial charge in [0.1, 0.15) is 10.8 Å². The van der Waals surface area contributed by atoms with Crippen LogP contribution < -0.4 is 10.5 Å². The third-order valence-electron chi connectivity index (χ3n) is 2.45. The molecule has 0 aliphatic heterocycles. The molecule has 0 atom stereocenters.